The topological polar surface area (TPSA) is 59.1 Å². The summed E-state index contributed by atoms with van der Waals surface area (Å²) in [6.45, 7) is 0. The number of aldehydes is 1. The first kappa shape index (κ1) is 15.2. The van der Waals surface area contributed by atoms with Crippen LogP contribution in [0.4, 0.5) is 5.82 Å². The Labute approximate surface area is 137 Å². The number of benzene rings is 1. The van der Waals surface area contributed by atoms with Crippen molar-refractivity contribution in [2.45, 2.75) is 25.7 Å². The monoisotopic (exact) mass is 360 g/mol. The van der Waals surface area contributed by atoms with Gasteiger partial charge >= 0.3 is 0 Å². The van der Waals surface area contributed by atoms with Gasteiger partial charge in [-0.1, -0.05) is 22.0 Å². The van der Waals surface area contributed by atoms with E-state index in [0.717, 1.165) is 47.2 Å². The summed E-state index contributed by atoms with van der Waals surface area (Å²) in [6.07, 6.45) is 5.93. The molecule has 3 rings (SSSR count). The van der Waals surface area contributed by atoms with Gasteiger partial charge in [0.1, 0.15) is 12.1 Å². The highest BCUT2D eigenvalue weighted by atomic mass is 79.9. The molecule has 4 nitrogen and oxygen atoms in total. The molecule has 0 aliphatic heterocycles. The Morgan fingerprint density at radius 2 is 1.95 bits per heavy atom. The van der Waals surface area contributed by atoms with E-state index in [1.54, 1.807) is 6.20 Å². The van der Waals surface area contributed by atoms with Crippen LogP contribution >= 0.6 is 15.9 Å². The molecule has 1 aromatic carbocycles. The first-order chi connectivity index (χ1) is 10.7. The van der Waals surface area contributed by atoms with E-state index >= 15 is 0 Å². The van der Waals surface area contributed by atoms with Crippen LogP contribution in [0.5, 0.6) is 0 Å². The van der Waals surface area contributed by atoms with Crippen molar-refractivity contribution in [1.29, 1.82) is 0 Å². The molecule has 1 N–H and O–H groups in total. The Bertz CT molecular complexity index is 709. The molecule has 22 heavy (non-hydrogen) atoms. The summed E-state index contributed by atoms with van der Waals surface area (Å²) >= 11 is 3.45. The SMILES string of the molecule is O=CC1CCC(C(=O)Nc2cc3cc(Br)ccc3cn2)CC1. The van der Waals surface area contributed by atoms with Crippen LogP contribution in [0.15, 0.2) is 34.9 Å². The zero-order chi connectivity index (χ0) is 15.5. The fraction of sp³-hybridized carbons (Fsp3) is 0.353. The lowest BCUT2D eigenvalue weighted by Gasteiger charge is -2.24. The molecule has 0 radical (unpaired) electrons. The lowest BCUT2D eigenvalue weighted by molar-refractivity contribution is -0.122. The molecular formula is C17H17BrN2O2. The summed E-state index contributed by atoms with van der Waals surface area (Å²) in [4.78, 5) is 27.4. The minimum Gasteiger partial charge on any atom is -0.310 e. The van der Waals surface area contributed by atoms with Crippen molar-refractivity contribution >= 4 is 44.7 Å². The smallest absolute Gasteiger partial charge is 0.228 e. The van der Waals surface area contributed by atoms with Crippen LogP contribution in [-0.4, -0.2) is 17.2 Å². The van der Waals surface area contributed by atoms with Gasteiger partial charge < -0.3 is 10.1 Å². The normalized spacial score (nSPS) is 21.5. The third-order valence-corrected chi connectivity index (χ3v) is 4.76. The number of rotatable bonds is 3. The molecule has 1 heterocycles. The van der Waals surface area contributed by atoms with Crippen LogP contribution in [0.25, 0.3) is 10.8 Å². The Morgan fingerprint density at radius 3 is 2.68 bits per heavy atom. The van der Waals surface area contributed by atoms with Crippen LogP contribution in [0, 0.1) is 11.8 Å². The summed E-state index contributed by atoms with van der Waals surface area (Å²) in [5.41, 5.74) is 0. The lowest BCUT2D eigenvalue weighted by atomic mass is 9.82. The highest BCUT2D eigenvalue weighted by Crippen LogP contribution is 2.28. The highest BCUT2D eigenvalue weighted by Gasteiger charge is 2.26. The van der Waals surface area contributed by atoms with Gasteiger partial charge in [-0.3, -0.25) is 4.79 Å². The van der Waals surface area contributed by atoms with Crippen molar-refractivity contribution < 1.29 is 9.59 Å². The molecule has 1 fully saturated rings. The van der Waals surface area contributed by atoms with Crippen molar-refractivity contribution in [3.05, 3.63) is 34.9 Å². The number of hydrogen-bond acceptors (Lipinski definition) is 3. The number of nitrogens with one attached hydrogen (secondary N) is 1. The van der Waals surface area contributed by atoms with E-state index in [9.17, 15) is 9.59 Å². The largest absolute Gasteiger partial charge is 0.310 e. The average molecular weight is 361 g/mol. The summed E-state index contributed by atoms with van der Waals surface area (Å²) < 4.78 is 0.996. The molecular weight excluding hydrogens is 344 g/mol. The fourth-order valence-electron chi connectivity index (χ4n) is 2.93. The minimum atomic E-state index is -0.0174. The second-order valence-corrected chi connectivity index (χ2v) is 6.71. The molecule has 0 atom stereocenters. The zero-order valence-electron chi connectivity index (χ0n) is 12.1. The third-order valence-electron chi connectivity index (χ3n) is 4.27. The predicted molar refractivity (Wildman–Crippen MR) is 89.6 cm³/mol. The van der Waals surface area contributed by atoms with Gasteiger partial charge in [-0.05, 0) is 49.3 Å². The first-order valence-electron chi connectivity index (χ1n) is 7.47. The molecule has 1 aliphatic carbocycles. The molecule has 0 spiro atoms. The van der Waals surface area contributed by atoms with Gasteiger partial charge in [0.15, 0.2) is 0 Å². The number of hydrogen-bond donors (Lipinski definition) is 1. The van der Waals surface area contributed by atoms with Crippen molar-refractivity contribution in [2.24, 2.45) is 11.8 Å². The molecule has 114 valence electrons. The van der Waals surface area contributed by atoms with E-state index in [1.807, 2.05) is 24.3 Å². The number of aromatic nitrogens is 1. The molecule has 5 heteroatoms. The number of carbonyl (C=O) groups excluding carboxylic acids is 2. The highest BCUT2D eigenvalue weighted by molar-refractivity contribution is 9.10. The number of pyridine rings is 1. The molecule has 0 saturated heterocycles. The van der Waals surface area contributed by atoms with E-state index in [1.165, 1.54) is 0 Å². The maximum atomic E-state index is 12.3. The standard InChI is InChI=1S/C17H17BrN2O2/c18-15-6-5-13-9-19-16(8-14(13)7-15)20-17(22)12-3-1-11(10-21)2-4-12/h5-12H,1-4H2,(H,19,20,22). The molecule has 0 unspecified atom stereocenters. The van der Waals surface area contributed by atoms with Crippen LogP contribution in [0.3, 0.4) is 0 Å². The maximum absolute atomic E-state index is 12.3. The first-order valence-corrected chi connectivity index (χ1v) is 8.26. The maximum Gasteiger partial charge on any atom is 0.228 e. The molecule has 1 aromatic heterocycles. The Balaban J connectivity index is 1.70. The van der Waals surface area contributed by atoms with Crippen molar-refractivity contribution in [3.8, 4) is 0 Å². The van der Waals surface area contributed by atoms with Gasteiger partial charge in [0.05, 0.1) is 0 Å². The second kappa shape index (κ2) is 6.57. The Kier molecular flexibility index (Phi) is 4.52. The van der Waals surface area contributed by atoms with E-state index in [2.05, 4.69) is 26.2 Å². The van der Waals surface area contributed by atoms with Gasteiger partial charge in [0.2, 0.25) is 5.91 Å². The molecule has 0 bridgehead atoms. The zero-order valence-corrected chi connectivity index (χ0v) is 13.7. The van der Waals surface area contributed by atoms with Crippen molar-refractivity contribution in [1.82, 2.24) is 4.98 Å². The van der Waals surface area contributed by atoms with Gasteiger partial charge in [0.25, 0.3) is 0 Å². The number of carbonyl (C=O) groups is 2. The summed E-state index contributed by atoms with van der Waals surface area (Å²) in [5, 5.41) is 4.97. The van der Waals surface area contributed by atoms with Crippen LogP contribution in [0.2, 0.25) is 0 Å². The number of nitrogens with zero attached hydrogens (tertiary/aromatic N) is 1. The molecule has 1 amide bonds. The van der Waals surface area contributed by atoms with E-state index in [-0.39, 0.29) is 17.7 Å². The van der Waals surface area contributed by atoms with Gasteiger partial charge in [0, 0.05) is 27.9 Å². The van der Waals surface area contributed by atoms with Gasteiger partial charge in [-0.15, -0.1) is 0 Å². The summed E-state index contributed by atoms with van der Waals surface area (Å²) in [6, 6.07) is 7.84. The molecule has 1 saturated carbocycles. The fourth-order valence-corrected chi connectivity index (χ4v) is 3.30. The number of amides is 1. The van der Waals surface area contributed by atoms with Crippen LogP contribution in [-0.2, 0) is 9.59 Å². The Morgan fingerprint density at radius 1 is 1.18 bits per heavy atom. The van der Waals surface area contributed by atoms with Gasteiger partial charge in [-0.2, -0.15) is 0 Å². The van der Waals surface area contributed by atoms with Gasteiger partial charge in [-0.25, -0.2) is 4.98 Å². The minimum absolute atomic E-state index is 0.00574. The Hall–Kier alpha value is -1.75. The van der Waals surface area contributed by atoms with E-state index < -0.39 is 0 Å². The average Bonchev–Trinajstić information content (AvgIpc) is 2.54. The van der Waals surface area contributed by atoms with Crippen LogP contribution < -0.4 is 5.32 Å². The summed E-state index contributed by atoms with van der Waals surface area (Å²) in [7, 11) is 0. The second-order valence-electron chi connectivity index (χ2n) is 5.80. The lowest BCUT2D eigenvalue weighted by Crippen LogP contribution is -2.27. The van der Waals surface area contributed by atoms with Crippen molar-refractivity contribution in [2.75, 3.05) is 5.32 Å². The summed E-state index contributed by atoms with van der Waals surface area (Å²) in [5.74, 6) is 0.690. The van der Waals surface area contributed by atoms with E-state index in [0.29, 0.717) is 5.82 Å². The third kappa shape index (κ3) is 3.35. The van der Waals surface area contributed by atoms with E-state index in [4.69, 9.17) is 0 Å². The van der Waals surface area contributed by atoms with Crippen LogP contribution in [0.1, 0.15) is 25.7 Å². The quantitative estimate of drug-likeness (QED) is 0.843. The predicted octanol–water partition coefficient (Wildman–Crippen LogP) is 3.94. The van der Waals surface area contributed by atoms with Crippen molar-refractivity contribution in [3.63, 3.8) is 0 Å². The molecule has 2 aromatic rings. The molecule has 1 aliphatic rings. The number of fused-ring (bicyclic) bond motifs is 1. The number of anilines is 1. The number of halogens is 1.